The van der Waals surface area contributed by atoms with Gasteiger partial charge in [0.25, 0.3) is 0 Å². The van der Waals surface area contributed by atoms with Gasteiger partial charge in [0.1, 0.15) is 11.2 Å². The van der Waals surface area contributed by atoms with E-state index in [1.807, 2.05) is 0 Å². The molecule has 0 radical (unpaired) electrons. The Morgan fingerprint density at radius 1 is 0.543 bits per heavy atom. The molecular formula is C42H37N3O. The molecule has 5 heterocycles. The number of hydrogen-bond donors (Lipinski definition) is 0. The van der Waals surface area contributed by atoms with Crippen LogP contribution in [0.25, 0.3) is 70.8 Å². The third kappa shape index (κ3) is 2.98. The monoisotopic (exact) mass is 599 g/mol. The van der Waals surface area contributed by atoms with Crippen LogP contribution < -0.4 is 0 Å². The number of rotatable bonds is 0. The van der Waals surface area contributed by atoms with E-state index in [0.29, 0.717) is 23.7 Å². The quantitative estimate of drug-likeness (QED) is 0.129. The highest BCUT2D eigenvalue weighted by atomic mass is 16.3. The molecule has 0 atom stereocenters. The molecule has 12 rings (SSSR count). The molecule has 0 spiro atoms. The predicted octanol–water partition coefficient (Wildman–Crippen LogP) is 11.7. The van der Waals surface area contributed by atoms with Crippen LogP contribution in [-0.2, 0) is 0 Å². The number of benzene rings is 3. The van der Waals surface area contributed by atoms with Crippen molar-refractivity contribution in [3.63, 3.8) is 0 Å². The summed E-state index contributed by atoms with van der Waals surface area (Å²) in [6, 6.07) is 15.8. The van der Waals surface area contributed by atoms with Crippen LogP contribution in [0.5, 0.6) is 0 Å². The summed E-state index contributed by atoms with van der Waals surface area (Å²) >= 11 is 0. The third-order valence-electron chi connectivity index (χ3n) is 13.1. The van der Waals surface area contributed by atoms with Crippen LogP contribution in [0.15, 0.2) is 59.3 Å². The first-order valence-corrected chi connectivity index (χ1v) is 18.1. The highest BCUT2D eigenvalue weighted by molar-refractivity contribution is 6.36. The van der Waals surface area contributed by atoms with Crippen LogP contribution in [0.2, 0.25) is 0 Å². The summed E-state index contributed by atoms with van der Waals surface area (Å²) < 4.78 is 9.62. The lowest BCUT2D eigenvalue weighted by Gasteiger charge is -2.19. The van der Waals surface area contributed by atoms with Crippen molar-refractivity contribution >= 4 is 70.8 Å². The van der Waals surface area contributed by atoms with Crippen molar-refractivity contribution in [3.05, 3.63) is 77.4 Å². The van der Waals surface area contributed by atoms with Gasteiger partial charge in [-0.05, 0) is 97.2 Å². The van der Waals surface area contributed by atoms with Crippen LogP contribution in [0, 0.1) is 0 Å². The maximum Gasteiger partial charge on any atom is 0.136 e. The topological polar surface area (TPSA) is 43.3 Å². The molecule has 4 bridgehead atoms. The van der Waals surface area contributed by atoms with Gasteiger partial charge in [-0.3, -0.25) is 9.97 Å². The van der Waals surface area contributed by atoms with Crippen LogP contribution in [0.1, 0.15) is 123 Å². The fourth-order valence-corrected chi connectivity index (χ4v) is 11.3. The molecule has 4 nitrogen and oxygen atoms in total. The zero-order valence-electron chi connectivity index (χ0n) is 26.2. The van der Waals surface area contributed by atoms with Gasteiger partial charge in [0, 0.05) is 55.5 Å². The largest absolute Gasteiger partial charge is 0.456 e. The van der Waals surface area contributed by atoms with Crippen molar-refractivity contribution in [1.82, 2.24) is 14.4 Å². The normalized spacial score (nSPS) is 24.8. The Morgan fingerprint density at radius 2 is 1.13 bits per heavy atom. The Labute approximate surface area is 267 Å². The van der Waals surface area contributed by atoms with E-state index in [4.69, 9.17) is 14.4 Å². The minimum absolute atomic E-state index is 0.577. The minimum Gasteiger partial charge on any atom is -0.456 e. The molecule has 0 aliphatic heterocycles. The van der Waals surface area contributed by atoms with E-state index in [0.717, 1.165) is 11.2 Å². The maximum atomic E-state index is 7.03. The molecular weight excluding hydrogens is 562 g/mol. The van der Waals surface area contributed by atoms with Crippen LogP contribution in [0.4, 0.5) is 0 Å². The van der Waals surface area contributed by atoms with Gasteiger partial charge >= 0.3 is 0 Å². The van der Waals surface area contributed by atoms with Crippen molar-refractivity contribution in [1.29, 1.82) is 0 Å². The number of nitrogens with zero attached hydrogens (tertiary/aromatic N) is 3. The molecule has 8 aromatic rings. The van der Waals surface area contributed by atoms with Crippen LogP contribution in [-0.4, -0.2) is 14.4 Å². The summed E-state index contributed by atoms with van der Waals surface area (Å²) in [5.41, 5.74) is 11.8. The second kappa shape index (κ2) is 8.79. The maximum absolute atomic E-state index is 7.03. The highest BCUT2D eigenvalue weighted by Gasteiger charge is 2.37. The molecule has 4 aliphatic rings. The summed E-state index contributed by atoms with van der Waals surface area (Å²) in [5.74, 6) is 2.34. The molecule has 0 amide bonds. The number of fused-ring (bicyclic) bond motifs is 9. The Bertz CT molecular complexity index is 2560. The van der Waals surface area contributed by atoms with Crippen molar-refractivity contribution in [2.24, 2.45) is 0 Å². The first kappa shape index (κ1) is 25.0. The zero-order chi connectivity index (χ0) is 29.7. The Morgan fingerprint density at radius 3 is 1.80 bits per heavy atom. The molecule has 5 aromatic heterocycles. The molecule has 3 aromatic carbocycles. The van der Waals surface area contributed by atoms with Gasteiger partial charge in [-0.1, -0.05) is 56.0 Å². The van der Waals surface area contributed by atoms with E-state index in [-0.39, 0.29) is 0 Å². The van der Waals surface area contributed by atoms with E-state index in [1.54, 1.807) is 11.1 Å². The van der Waals surface area contributed by atoms with E-state index >= 15 is 0 Å². The summed E-state index contributed by atoms with van der Waals surface area (Å²) in [7, 11) is 0. The van der Waals surface area contributed by atoms with Crippen molar-refractivity contribution in [2.45, 2.75) is 101 Å². The van der Waals surface area contributed by atoms with Gasteiger partial charge in [-0.15, -0.1) is 0 Å². The number of pyridine rings is 2. The number of aromatic nitrogens is 3. The molecule has 0 fully saturated rings. The van der Waals surface area contributed by atoms with Crippen LogP contribution >= 0.6 is 0 Å². The molecule has 4 heteroatoms. The van der Waals surface area contributed by atoms with E-state index < -0.39 is 0 Å². The van der Waals surface area contributed by atoms with E-state index in [1.165, 1.54) is 148 Å². The average Bonchev–Trinajstić information content (AvgIpc) is 3.23. The summed E-state index contributed by atoms with van der Waals surface area (Å²) in [6.45, 7) is 0. The first-order chi connectivity index (χ1) is 22.8. The third-order valence-corrected chi connectivity index (χ3v) is 13.1. The van der Waals surface area contributed by atoms with E-state index in [9.17, 15) is 0 Å². The highest BCUT2D eigenvalue weighted by Crippen LogP contribution is 2.55. The van der Waals surface area contributed by atoms with Gasteiger partial charge in [-0.2, -0.15) is 0 Å². The minimum atomic E-state index is 0.577. The second-order valence-electron chi connectivity index (χ2n) is 15.3. The van der Waals surface area contributed by atoms with E-state index in [2.05, 4.69) is 59.3 Å². The molecule has 0 saturated heterocycles. The zero-order valence-corrected chi connectivity index (χ0v) is 26.2. The molecule has 4 aliphatic carbocycles. The lowest BCUT2D eigenvalue weighted by Crippen LogP contribution is -2.04. The summed E-state index contributed by atoms with van der Waals surface area (Å²) in [5, 5.41) is 10.8. The second-order valence-corrected chi connectivity index (χ2v) is 15.3. The van der Waals surface area contributed by atoms with Gasteiger partial charge in [0.05, 0.1) is 28.9 Å². The van der Waals surface area contributed by atoms with Crippen molar-refractivity contribution in [2.75, 3.05) is 0 Å². The Hall–Kier alpha value is -4.18. The van der Waals surface area contributed by atoms with Crippen LogP contribution in [0.3, 0.4) is 0 Å². The Kier molecular flexibility index (Phi) is 4.77. The fraction of sp³-hybridized carbons (Fsp3) is 0.381. The van der Waals surface area contributed by atoms with Gasteiger partial charge in [0.2, 0.25) is 0 Å². The average molecular weight is 600 g/mol. The SMILES string of the molecule is c1cc2cccc3c2c(c1)oc1cc2c4c5c(ncc4n4c6cnc7c(c6c(c13)c24)C1CCCC7CCC1)C1CCCC5CCC1. The number of hydrogen-bond acceptors (Lipinski definition) is 3. The summed E-state index contributed by atoms with van der Waals surface area (Å²) in [6.07, 6.45) is 20.0. The smallest absolute Gasteiger partial charge is 0.136 e. The Balaban J connectivity index is 1.37. The van der Waals surface area contributed by atoms with Gasteiger partial charge < -0.3 is 8.82 Å². The van der Waals surface area contributed by atoms with Crippen molar-refractivity contribution in [3.8, 4) is 0 Å². The molecule has 46 heavy (non-hydrogen) atoms. The molecule has 0 N–H and O–H groups in total. The standard InChI is InChI=1S/C42H37N3O/c1-7-23-8-2-14-25(13-1)40-34(23)36-28-19-32-37(27-17-5-11-22-12-6-18-31(46-32)33(22)27)39-38-30(45(42(28)39)29(36)20-43-40)21-44-41-26-15-3-9-24(35(38)41)10-4-16-26/h5-6,11-12,17-21,23-26H,1-4,7-10,13-16H2. The fourth-order valence-electron chi connectivity index (χ4n) is 11.3. The predicted molar refractivity (Wildman–Crippen MR) is 188 cm³/mol. The molecule has 226 valence electrons. The lowest BCUT2D eigenvalue weighted by molar-refractivity contribution is 0.450. The van der Waals surface area contributed by atoms with Crippen molar-refractivity contribution < 1.29 is 4.42 Å². The first-order valence-electron chi connectivity index (χ1n) is 18.1. The van der Waals surface area contributed by atoms with Gasteiger partial charge in [-0.25, -0.2) is 0 Å². The van der Waals surface area contributed by atoms with Gasteiger partial charge in [0.15, 0.2) is 0 Å². The molecule has 0 saturated carbocycles. The summed E-state index contributed by atoms with van der Waals surface area (Å²) in [4.78, 5) is 10.8. The molecule has 0 unspecified atom stereocenters. The lowest BCUT2D eigenvalue weighted by atomic mass is 9.86.